The van der Waals surface area contributed by atoms with Gasteiger partial charge in [-0.3, -0.25) is 18.7 Å². The first-order chi connectivity index (χ1) is 20.8. The molecule has 0 saturated carbocycles. The number of alkyl halides is 3. The standard InChI is InChI=1S/C23H17F4N3O3S.C7H7Cl2N/c1-29-21-15(20(32)30(22(29)33)12-13-5-3-2-4-6-13)10-18(34-21)19(31)28-11-14-7-8-17(24)16(9-14)23(25,26)27;8-6-2-1-5(4-10)3-7(6)9/h2-10H,11-12H2,1H3,(H,28,31);1-3H,4,10H2. The summed E-state index contributed by atoms with van der Waals surface area (Å²) in [7, 11) is 1.49. The summed E-state index contributed by atoms with van der Waals surface area (Å²) in [6, 6.07) is 18.1. The number of carbonyl (C=O) groups is 1. The molecule has 0 atom stereocenters. The molecule has 0 bridgehead atoms. The molecule has 3 N–H and O–H groups in total. The SMILES string of the molecule is Cn1c(=O)n(Cc2ccccc2)c(=O)c2cc(C(=O)NCc3ccc(F)c(C(F)(F)F)c3)sc21.NCc1ccc(Cl)c(Cl)c1. The van der Waals surface area contributed by atoms with Crippen LogP contribution in [-0.4, -0.2) is 15.0 Å². The van der Waals surface area contributed by atoms with Crippen LogP contribution >= 0.6 is 34.5 Å². The molecule has 14 heteroatoms. The van der Waals surface area contributed by atoms with Crippen LogP contribution in [0.4, 0.5) is 17.6 Å². The maximum absolute atomic E-state index is 13.5. The van der Waals surface area contributed by atoms with Crippen molar-refractivity contribution in [3.63, 3.8) is 0 Å². The fourth-order valence-electron chi connectivity index (χ4n) is 4.14. The zero-order valence-corrected chi connectivity index (χ0v) is 25.3. The molecule has 2 aromatic heterocycles. The summed E-state index contributed by atoms with van der Waals surface area (Å²) in [5.74, 6) is -2.04. The number of rotatable bonds is 6. The van der Waals surface area contributed by atoms with Crippen LogP contribution in [0.1, 0.15) is 31.9 Å². The van der Waals surface area contributed by atoms with Crippen LogP contribution in [0.15, 0.2) is 82.4 Å². The molecular formula is C30H24Cl2F4N4O3S. The van der Waals surface area contributed by atoms with E-state index >= 15 is 0 Å². The lowest BCUT2D eigenvalue weighted by Gasteiger charge is -2.10. The molecule has 230 valence electrons. The summed E-state index contributed by atoms with van der Waals surface area (Å²) in [5, 5.41) is 3.77. The minimum Gasteiger partial charge on any atom is -0.347 e. The zero-order chi connectivity index (χ0) is 32.2. The predicted molar refractivity (Wildman–Crippen MR) is 164 cm³/mol. The Labute approximate surface area is 262 Å². The summed E-state index contributed by atoms with van der Waals surface area (Å²) in [6.45, 7) is 0.274. The second-order valence-electron chi connectivity index (χ2n) is 9.50. The highest BCUT2D eigenvalue weighted by Gasteiger charge is 2.34. The van der Waals surface area contributed by atoms with Crippen LogP contribution < -0.4 is 22.3 Å². The van der Waals surface area contributed by atoms with Crippen molar-refractivity contribution in [2.75, 3.05) is 0 Å². The number of hydrogen-bond acceptors (Lipinski definition) is 5. The summed E-state index contributed by atoms with van der Waals surface area (Å²) in [5.41, 5.74) is 4.66. The number of halogens is 6. The van der Waals surface area contributed by atoms with Gasteiger partial charge in [-0.2, -0.15) is 13.2 Å². The molecule has 5 rings (SSSR count). The molecule has 0 aliphatic rings. The molecule has 7 nitrogen and oxygen atoms in total. The van der Waals surface area contributed by atoms with Gasteiger partial charge in [-0.05, 0) is 47.0 Å². The zero-order valence-electron chi connectivity index (χ0n) is 22.9. The van der Waals surface area contributed by atoms with Crippen LogP contribution in [0.3, 0.4) is 0 Å². The molecule has 3 aromatic carbocycles. The summed E-state index contributed by atoms with van der Waals surface area (Å²) < 4.78 is 54.5. The maximum Gasteiger partial charge on any atom is 0.419 e. The van der Waals surface area contributed by atoms with Crippen molar-refractivity contribution in [2.45, 2.75) is 25.8 Å². The van der Waals surface area contributed by atoms with Crippen molar-refractivity contribution >= 4 is 50.7 Å². The number of hydrogen-bond donors (Lipinski definition) is 2. The second-order valence-corrected chi connectivity index (χ2v) is 11.3. The maximum atomic E-state index is 13.5. The smallest absolute Gasteiger partial charge is 0.347 e. The number of amides is 1. The predicted octanol–water partition coefficient (Wildman–Crippen LogP) is 6.35. The molecule has 44 heavy (non-hydrogen) atoms. The topological polar surface area (TPSA) is 99.1 Å². The number of benzene rings is 3. The minimum absolute atomic E-state index is 0.0563. The fourth-order valence-corrected chi connectivity index (χ4v) is 5.48. The number of aromatic nitrogens is 2. The van der Waals surface area contributed by atoms with Gasteiger partial charge in [0.25, 0.3) is 11.5 Å². The van der Waals surface area contributed by atoms with Crippen LogP contribution in [0.2, 0.25) is 10.0 Å². The minimum atomic E-state index is -4.86. The lowest BCUT2D eigenvalue weighted by molar-refractivity contribution is -0.140. The van der Waals surface area contributed by atoms with Gasteiger partial charge in [0.05, 0.1) is 32.4 Å². The van der Waals surface area contributed by atoms with E-state index in [1.165, 1.54) is 17.7 Å². The first-order valence-electron chi connectivity index (χ1n) is 12.8. The van der Waals surface area contributed by atoms with Crippen molar-refractivity contribution in [1.29, 1.82) is 0 Å². The number of nitrogens with zero attached hydrogens (tertiary/aromatic N) is 2. The Morgan fingerprint density at radius 3 is 2.25 bits per heavy atom. The van der Waals surface area contributed by atoms with Gasteiger partial charge >= 0.3 is 11.9 Å². The van der Waals surface area contributed by atoms with Gasteiger partial charge in [0.1, 0.15) is 10.6 Å². The Morgan fingerprint density at radius 1 is 0.932 bits per heavy atom. The molecule has 0 spiro atoms. The highest BCUT2D eigenvalue weighted by atomic mass is 35.5. The second kappa shape index (κ2) is 13.8. The van der Waals surface area contributed by atoms with E-state index in [2.05, 4.69) is 5.32 Å². The van der Waals surface area contributed by atoms with E-state index in [0.717, 1.165) is 33.1 Å². The average molecular weight is 668 g/mol. The van der Waals surface area contributed by atoms with E-state index in [9.17, 15) is 31.9 Å². The van der Waals surface area contributed by atoms with Gasteiger partial charge in [0.2, 0.25) is 0 Å². The quantitative estimate of drug-likeness (QED) is 0.206. The van der Waals surface area contributed by atoms with Crippen molar-refractivity contribution in [2.24, 2.45) is 12.8 Å². The van der Waals surface area contributed by atoms with Crippen LogP contribution in [0, 0.1) is 5.82 Å². The van der Waals surface area contributed by atoms with E-state index in [0.29, 0.717) is 33.6 Å². The van der Waals surface area contributed by atoms with Gasteiger partial charge in [-0.15, -0.1) is 11.3 Å². The summed E-state index contributed by atoms with van der Waals surface area (Å²) in [6.07, 6.45) is -4.86. The molecule has 5 aromatic rings. The lowest BCUT2D eigenvalue weighted by atomic mass is 10.1. The van der Waals surface area contributed by atoms with Crippen molar-refractivity contribution in [1.82, 2.24) is 14.5 Å². The van der Waals surface area contributed by atoms with Gasteiger partial charge < -0.3 is 11.1 Å². The molecule has 0 radical (unpaired) electrons. The Hall–Kier alpha value is -3.97. The number of nitrogens with two attached hydrogens (primary N) is 1. The molecule has 0 aliphatic carbocycles. The average Bonchev–Trinajstić information content (AvgIpc) is 3.45. The van der Waals surface area contributed by atoms with E-state index in [4.69, 9.17) is 28.9 Å². The summed E-state index contributed by atoms with van der Waals surface area (Å²) >= 11 is 12.3. The Balaban J connectivity index is 0.000000375. The molecule has 0 saturated heterocycles. The highest BCUT2D eigenvalue weighted by molar-refractivity contribution is 7.20. The monoisotopic (exact) mass is 666 g/mol. The van der Waals surface area contributed by atoms with E-state index in [-0.39, 0.29) is 28.9 Å². The van der Waals surface area contributed by atoms with Crippen molar-refractivity contribution in [3.8, 4) is 0 Å². The van der Waals surface area contributed by atoms with E-state index < -0.39 is 34.7 Å². The first kappa shape index (κ1) is 32.9. The largest absolute Gasteiger partial charge is 0.419 e. The van der Waals surface area contributed by atoms with E-state index in [1.807, 2.05) is 12.1 Å². The number of thiophene rings is 1. The van der Waals surface area contributed by atoms with E-state index in [1.54, 1.807) is 36.4 Å². The number of fused-ring (bicyclic) bond motifs is 1. The highest BCUT2D eigenvalue weighted by Crippen LogP contribution is 2.32. The normalized spacial score (nSPS) is 11.3. The third-order valence-electron chi connectivity index (χ3n) is 6.43. The van der Waals surface area contributed by atoms with Gasteiger partial charge in [-0.1, -0.05) is 65.7 Å². The Bertz CT molecular complexity index is 1940. The van der Waals surface area contributed by atoms with Crippen LogP contribution in [0.5, 0.6) is 0 Å². The van der Waals surface area contributed by atoms with Crippen LogP contribution in [0.25, 0.3) is 10.2 Å². The fraction of sp³-hybridized carbons (Fsp3) is 0.167. The van der Waals surface area contributed by atoms with Gasteiger partial charge in [0, 0.05) is 20.1 Å². The molecule has 2 heterocycles. The van der Waals surface area contributed by atoms with Gasteiger partial charge in [-0.25, -0.2) is 9.18 Å². The third-order valence-corrected chi connectivity index (χ3v) is 8.38. The number of aryl methyl sites for hydroxylation is 1. The number of carbonyl (C=O) groups excluding carboxylic acids is 1. The van der Waals surface area contributed by atoms with Gasteiger partial charge in [0.15, 0.2) is 0 Å². The number of nitrogens with one attached hydrogen (secondary N) is 1. The lowest BCUT2D eigenvalue weighted by Crippen LogP contribution is -2.38. The molecule has 0 aliphatic heterocycles. The van der Waals surface area contributed by atoms with Crippen molar-refractivity contribution in [3.05, 3.63) is 137 Å². The molecule has 0 unspecified atom stereocenters. The Morgan fingerprint density at radius 2 is 1.61 bits per heavy atom. The van der Waals surface area contributed by atoms with Crippen molar-refractivity contribution < 1.29 is 22.4 Å². The first-order valence-corrected chi connectivity index (χ1v) is 14.4. The summed E-state index contributed by atoms with van der Waals surface area (Å²) in [4.78, 5) is 38.7. The third kappa shape index (κ3) is 7.56. The van der Waals surface area contributed by atoms with Crippen LogP contribution in [-0.2, 0) is 32.9 Å². The molecular weight excluding hydrogens is 643 g/mol. The molecule has 1 amide bonds. The Kier molecular flexibility index (Phi) is 10.3. The molecule has 0 fully saturated rings.